The van der Waals surface area contributed by atoms with Crippen LogP contribution in [-0.2, 0) is 4.79 Å². The average molecular weight is 395 g/mol. The number of carbonyl (C=O) groups excluding carboxylic acids is 1. The van der Waals surface area contributed by atoms with Crippen LogP contribution in [0.15, 0.2) is 41.5 Å². The summed E-state index contributed by atoms with van der Waals surface area (Å²) in [5, 5.41) is 14.1. The number of rotatable bonds is 7. The second kappa shape index (κ2) is 9.46. The first-order chi connectivity index (χ1) is 12.4. The van der Waals surface area contributed by atoms with Crippen LogP contribution in [0.5, 0.6) is 11.5 Å². The van der Waals surface area contributed by atoms with Crippen molar-refractivity contribution >= 4 is 35.3 Å². The second-order valence-corrected chi connectivity index (χ2v) is 6.60. The van der Waals surface area contributed by atoms with Crippen LogP contribution in [0.25, 0.3) is 0 Å². The third kappa shape index (κ3) is 5.38. The Labute approximate surface area is 162 Å². The predicted octanol–water partition coefficient (Wildman–Crippen LogP) is 4.74. The molecule has 5 nitrogen and oxygen atoms in total. The first kappa shape index (κ1) is 20.1. The molecule has 138 valence electrons. The molecule has 0 saturated carbocycles. The van der Waals surface area contributed by atoms with E-state index in [1.807, 2.05) is 24.3 Å². The Bertz CT molecular complexity index is 809. The van der Waals surface area contributed by atoms with Crippen molar-refractivity contribution in [3.05, 3.63) is 57.6 Å². The number of benzene rings is 2. The number of hydrazone groups is 1. The zero-order valence-electron chi connectivity index (χ0n) is 14.5. The zero-order chi connectivity index (χ0) is 19.1. The highest BCUT2D eigenvalue weighted by Gasteiger charge is 2.11. The van der Waals surface area contributed by atoms with Gasteiger partial charge in [0, 0.05) is 10.6 Å². The van der Waals surface area contributed by atoms with Gasteiger partial charge in [-0.1, -0.05) is 55.2 Å². The maximum atomic E-state index is 11.9. The summed E-state index contributed by atoms with van der Waals surface area (Å²) in [5.41, 5.74) is 3.70. The van der Waals surface area contributed by atoms with E-state index in [1.165, 1.54) is 18.3 Å². The van der Waals surface area contributed by atoms with Crippen molar-refractivity contribution in [1.82, 2.24) is 5.43 Å². The van der Waals surface area contributed by atoms with E-state index in [1.54, 1.807) is 0 Å². The Morgan fingerprint density at radius 3 is 2.81 bits per heavy atom. The highest BCUT2D eigenvalue weighted by molar-refractivity contribution is 6.36. The maximum Gasteiger partial charge on any atom is 0.277 e. The van der Waals surface area contributed by atoms with Gasteiger partial charge in [0.2, 0.25) is 0 Å². The number of amides is 1. The van der Waals surface area contributed by atoms with E-state index in [-0.39, 0.29) is 17.4 Å². The molecule has 2 N–H and O–H groups in total. The highest BCUT2D eigenvalue weighted by atomic mass is 35.5. The first-order valence-electron chi connectivity index (χ1n) is 8.14. The molecule has 1 atom stereocenters. The summed E-state index contributed by atoms with van der Waals surface area (Å²) in [4.78, 5) is 11.9. The summed E-state index contributed by atoms with van der Waals surface area (Å²) >= 11 is 11.7. The minimum Gasteiger partial charge on any atom is -0.506 e. The second-order valence-electron chi connectivity index (χ2n) is 5.75. The number of hydrogen-bond donors (Lipinski definition) is 2. The van der Waals surface area contributed by atoms with E-state index in [0.717, 1.165) is 12.0 Å². The first-order valence-corrected chi connectivity index (χ1v) is 8.89. The molecule has 0 radical (unpaired) electrons. The molecule has 1 unspecified atom stereocenters. The van der Waals surface area contributed by atoms with Crippen LogP contribution in [0.2, 0.25) is 10.0 Å². The van der Waals surface area contributed by atoms with Crippen molar-refractivity contribution in [3.63, 3.8) is 0 Å². The molecule has 0 aliphatic heterocycles. The summed E-state index contributed by atoms with van der Waals surface area (Å²) in [6, 6.07) is 10.5. The van der Waals surface area contributed by atoms with Crippen LogP contribution in [0.3, 0.4) is 0 Å². The van der Waals surface area contributed by atoms with Crippen molar-refractivity contribution in [2.75, 3.05) is 6.61 Å². The van der Waals surface area contributed by atoms with Gasteiger partial charge in [-0.3, -0.25) is 4.79 Å². The van der Waals surface area contributed by atoms with Crippen molar-refractivity contribution in [3.8, 4) is 11.5 Å². The summed E-state index contributed by atoms with van der Waals surface area (Å²) in [7, 11) is 0. The van der Waals surface area contributed by atoms with E-state index in [4.69, 9.17) is 27.9 Å². The van der Waals surface area contributed by atoms with Crippen LogP contribution in [0.4, 0.5) is 0 Å². The van der Waals surface area contributed by atoms with Crippen LogP contribution in [0.1, 0.15) is 37.3 Å². The molecular weight excluding hydrogens is 375 g/mol. The van der Waals surface area contributed by atoms with Gasteiger partial charge in [-0.05, 0) is 36.1 Å². The Hall–Kier alpha value is -2.24. The third-order valence-electron chi connectivity index (χ3n) is 3.87. The minimum absolute atomic E-state index is 0.107. The lowest BCUT2D eigenvalue weighted by Gasteiger charge is -2.15. The molecule has 0 aliphatic rings. The van der Waals surface area contributed by atoms with Gasteiger partial charge in [-0.15, -0.1) is 0 Å². The highest BCUT2D eigenvalue weighted by Crippen LogP contribution is 2.30. The van der Waals surface area contributed by atoms with Gasteiger partial charge in [-0.2, -0.15) is 5.10 Å². The Morgan fingerprint density at radius 2 is 2.08 bits per heavy atom. The van der Waals surface area contributed by atoms with Crippen molar-refractivity contribution in [1.29, 1.82) is 0 Å². The molecule has 0 heterocycles. The van der Waals surface area contributed by atoms with E-state index >= 15 is 0 Å². The molecule has 0 aliphatic carbocycles. The zero-order valence-corrected chi connectivity index (χ0v) is 16.0. The number of ether oxygens (including phenoxy) is 1. The Kier molecular flexibility index (Phi) is 7.30. The third-order valence-corrected chi connectivity index (χ3v) is 4.38. The van der Waals surface area contributed by atoms with Crippen LogP contribution >= 0.6 is 23.2 Å². The molecule has 0 spiro atoms. The van der Waals surface area contributed by atoms with Crippen LogP contribution in [0, 0.1) is 0 Å². The number of phenolic OH excluding ortho intramolecular Hbond substituents is 1. The largest absolute Gasteiger partial charge is 0.506 e. The van der Waals surface area contributed by atoms with Crippen LogP contribution < -0.4 is 10.2 Å². The fourth-order valence-electron chi connectivity index (χ4n) is 2.27. The monoisotopic (exact) mass is 394 g/mol. The van der Waals surface area contributed by atoms with E-state index in [2.05, 4.69) is 24.4 Å². The predicted molar refractivity (Wildman–Crippen MR) is 105 cm³/mol. The molecule has 2 aromatic carbocycles. The van der Waals surface area contributed by atoms with Gasteiger partial charge in [0.25, 0.3) is 5.91 Å². The summed E-state index contributed by atoms with van der Waals surface area (Å²) in [6.07, 6.45) is 2.24. The number of carbonyl (C=O) groups is 1. The Morgan fingerprint density at radius 1 is 1.35 bits per heavy atom. The lowest BCUT2D eigenvalue weighted by atomic mass is 9.98. The Balaban J connectivity index is 1.94. The summed E-state index contributed by atoms with van der Waals surface area (Å²) in [5.74, 6) is 0.434. The average Bonchev–Trinajstić information content (AvgIpc) is 2.63. The normalized spacial score (nSPS) is 12.2. The van der Waals surface area contributed by atoms with Crippen molar-refractivity contribution < 1.29 is 14.6 Å². The molecule has 7 heteroatoms. The lowest BCUT2D eigenvalue weighted by Crippen LogP contribution is -2.25. The van der Waals surface area contributed by atoms with Gasteiger partial charge in [0.15, 0.2) is 6.61 Å². The van der Waals surface area contributed by atoms with Gasteiger partial charge in [0.1, 0.15) is 11.5 Å². The number of phenols is 1. The molecule has 0 saturated heterocycles. The topological polar surface area (TPSA) is 70.9 Å². The SMILES string of the molecule is CCC(C)c1ccccc1OCC(=O)N/N=C/c1cc(Cl)cc(Cl)c1O. The molecule has 1 amide bonds. The number of halogens is 2. The summed E-state index contributed by atoms with van der Waals surface area (Å²) < 4.78 is 5.61. The number of aromatic hydroxyl groups is 1. The number of para-hydroxylation sites is 1. The fourth-order valence-corrected chi connectivity index (χ4v) is 2.78. The maximum absolute atomic E-state index is 11.9. The molecular formula is C19H20Cl2N2O3. The number of nitrogens with one attached hydrogen (secondary N) is 1. The fraction of sp³-hybridized carbons (Fsp3) is 0.263. The molecule has 0 aromatic heterocycles. The standard InChI is InChI=1S/C19H20Cl2N2O3/c1-3-12(2)15-6-4-5-7-17(15)26-11-18(24)23-22-10-13-8-14(20)9-16(21)19(13)25/h4-10,12,25H,3,11H2,1-2H3,(H,23,24)/b22-10+. The van der Waals surface area contributed by atoms with E-state index in [0.29, 0.717) is 22.3 Å². The van der Waals surface area contributed by atoms with Crippen molar-refractivity contribution in [2.45, 2.75) is 26.2 Å². The molecule has 0 fully saturated rings. The van der Waals surface area contributed by atoms with E-state index < -0.39 is 5.91 Å². The molecule has 2 aromatic rings. The van der Waals surface area contributed by atoms with Gasteiger partial charge in [0.05, 0.1) is 11.2 Å². The molecule has 2 rings (SSSR count). The smallest absolute Gasteiger partial charge is 0.277 e. The lowest BCUT2D eigenvalue weighted by molar-refractivity contribution is -0.123. The molecule has 26 heavy (non-hydrogen) atoms. The van der Waals surface area contributed by atoms with Gasteiger partial charge < -0.3 is 9.84 Å². The number of hydrogen-bond acceptors (Lipinski definition) is 4. The van der Waals surface area contributed by atoms with Crippen LogP contribution in [-0.4, -0.2) is 23.8 Å². The van der Waals surface area contributed by atoms with Crippen molar-refractivity contribution in [2.24, 2.45) is 5.10 Å². The van der Waals surface area contributed by atoms with Gasteiger partial charge in [-0.25, -0.2) is 5.43 Å². The van der Waals surface area contributed by atoms with E-state index in [9.17, 15) is 9.90 Å². The molecule has 0 bridgehead atoms. The number of nitrogens with zero attached hydrogens (tertiary/aromatic N) is 1. The minimum atomic E-state index is -0.423. The summed E-state index contributed by atoms with van der Waals surface area (Å²) in [6.45, 7) is 4.03. The van der Waals surface area contributed by atoms with Gasteiger partial charge >= 0.3 is 0 Å². The quantitative estimate of drug-likeness (QED) is 0.526.